The fourth-order valence-corrected chi connectivity index (χ4v) is 4.73. The summed E-state index contributed by atoms with van der Waals surface area (Å²) < 4.78 is 2.15. The Hall–Kier alpha value is -1.88. The Bertz CT molecular complexity index is 794. The number of carbonyl (C=O) groups excluding carboxylic acids is 1. The van der Waals surface area contributed by atoms with E-state index in [1.165, 1.54) is 38.6 Å². The highest BCUT2D eigenvalue weighted by molar-refractivity contribution is 5.81. The van der Waals surface area contributed by atoms with Crippen molar-refractivity contribution in [2.24, 2.45) is 0 Å². The largest absolute Gasteiger partial charge is 0.350 e. The van der Waals surface area contributed by atoms with Crippen LogP contribution >= 0.6 is 0 Å². The second-order valence-electron chi connectivity index (χ2n) is 7.88. The minimum absolute atomic E-state index is 0.141. The maximum Gasteiger partial charge on any atom is 0.240 e. The summed E-state index contributed by atoms with van der Waals surface area (Å²) in [5.74, 6) is 1.78. The number of para-hydroxylation sites is 2. The van der Waals surface area contributed by atoms with Gasteiger partial charge in [0, 0.05) is 24.5 Å². The van der Waals surface area contributed by atoms with Gasteiger partial charge in [-0.25, -0.2) is 4.98 Å². The van der Waals surface area contributed by atoms with Crippen LogP contribution in [0.2, 0.25) is 0 Å². The Labute approximate surface area is 148 Å². The number of rotatable bonds is 4. The topological polar surface area (TPSA) is 50.2 Å². The summed E-state index contributed by atoms with van der Waals surface area (Å²) in [6.45, 7) is 2.74. The lowest BCUT2D eigenvalue weighted by Crippen LogP contribution is -2.47. The van der Waals surface area contributed by atoms with Crippen LogP contribution in [-0.4, -0.2) is 45.5 Å². The highest BCUT2D eigenvalue weighted by Crippen LogP contribution is 2.40. The summed E-state index contributed by atoms with van der Waals surface area (Å²) >= 11 is 0. The van der Waals surface area contributed by atoms with Crippen LogP contribution in [0.15, 0.2) is 24.3 Å². The van der Waals surface area contributed by atoms with E-state index in [1.807, 2.05) is 18.2 Å². The predicted octanol–water partition coefficient (Wildman–Crippen LogP) is 2.66. The van der Waals surface area contributed by atoms with Crippen LogP contribution < -0.4 is 5.32 Å². The van der Waals surface area contributed by atoms with Crippen LogP contribution in [-0.2, 0) is 11.3 Å². The number of nitrogens with one attached hydrogen (secondary N) is 1. The second kappa shape index (κ2) is 6.13. The fourth-order valence-electron chi connectivity index (χ4n) is 4.73. The van der Waals surface area contributed by atoms with Crippen LogP contribution in [0, 0.1) is 0 Å². The fraction of sp³-hybridized carbons (Fsp3) is 0.600. The maximum atomic E-state index is 12.8. The average Bonchev–Trinajstić information content (AvgIpc) is 3.31. The molecule has 1 N–H and O–H groups in total. The summed E-state index contributed by atoms with van der Waals surface area (Å²) in [7, 11) is 0. The van der Waals surface area contributed by atoms with Gasteiger partial charge in [0.15, 0.2) is 0 Å². The van der Waals surface area contributed by atoms with Crippen LogP contribution in [0.25, 0.3) is 11.0 Å². The van der Waals surface area contributed by atoms with E-state index < -0.39 is 0 Å². The summed E-state index contributed by atoms with van der Waals surface area (Å²) in [5.41, 5.74) is 2.10. The van der Waals surface area contributed by atoms with Gasteiger partial charge in [-0.2, -0.15) is 0 Å². The van der Waals surface area contributed by atoms with Crippen molar-refractivity contribution >= 4 is 16.9 Å². The zero-order valence-electron chi connectivity index (χ0n) is 14.7. The first-order chi connectivity index (χ1) is 12.3. The number of amides is 1. The number of benzene rings is 1. The summed E-state index contributed by atoms with van der Waals surface area (Å²) in [5, 5.41) is 3.34. The zero-order valence-corrected chi connectivity index (χ0v) is 14.7. The molecule has 0 radical (unpaired) electrons. The number of piperidine rings is 1. The van der Waals surface area contributed by atoms with E-state index in [0.29, 0.717) is 24.5 Å². The van der Waals surface area contributed by atoms with E-state index in [0.717, 1.165) is 29.8 Å². The first kappa shape index (κ1) is 15.4. The molecule has 2 unspecified atom stereocenters. The van der Waals surface area contributed by atoms with Crippen molar-refractivity contribution in [3.05, 3.63) is 30.1 Å². The van der Waals surface area contributed by atoms with Crippen molar-refractivity contribution in [2.45, 2.75) is 63.1 Å². The Morgan fingerprint density at radius 1 is 1.12 bits per heavy atom. The molecule has 1 aromatic carbocycles. The van der Waals surface area contributed by atoms with Crippen molar-refractivity contribution < 1.29 is 4.79 Å². The molecule has 1 amide bonds. The summed E-state index contributed by atoms with van der Waals surface area (Å²) in [6.07, 6.45) is 7.33. The number of fused-ring (bicyclic) bond motifs is 2. The standard InChI is InChI=1S/C20H26N4O/c25-19(21-16-10-12-23-11-4-3-6-17(16)23)13-24-18-7-2-1-5-15(18)22-20(24)14-8-9-14/h1-2,5,7,14,16-17H,3-4,6,8-13H2,(H,21,25). The second-order valence-corrected chi connectivity index (χ2v) is 7.88. The molecule has 3 fully saturated rings. The molecule has 0 bridgehead atoms. The molecule has 5 nitrogen and oxygen atoms in total. The highest BCUT2D eigenvalue weighted by atomic mass is 16.2. The zero-order chi connectivity index (χ0) is 16.8. The van der Waals surface area contributed by atoms with E-state index >= 15 is 0 Å². The van der Waals surface area contributed by atoms with Crippen molar-refractivity contribution in [1.82, 2.24) is 19.8 Å². The lowest BCUT2D eigenvalue weighted by atomic mass is 9.99. The van der Waals surface area contributed by atoms with Gasteiger partial charge in [0.05, 0.1) is 11.0 Å². The molecule has 2 aromatic rings. The average molecular weight is 338 g/mol. The maximum absolute atomic E-state index is 12.8. The van der Waals surface area contributed by atoms with Gasteiger partial charge in [0.1, 0.15) is 12.4 Å². The molecular formula is C20H26N4O. The monoisotopic (exact) mass is 338 g/mol. The minimum Gasteiger partial charge on any atom is -0.350 e. The number of imidazole rings is 1. The number of hydrogen-bond acceptors (Lipinski definition) is 3. The Morgan fingerprint density at radius 3 is 2.88 bits per heavy atom. The molecule has 5 heteroatoms. The molecule has 2 atom stereocenters. The summed E-state index contributed by atoms with van der Waals surface area (Å²) in [6, 6.07) is 9.07. The predicted molar refractivity (Wildman–Crippen MR) is 97.5 cm³/mol. The smallest absolute Gasteiger partial charge is 0.240 e. The van der Waals surface area contributed by atoms with Gasteiger partial charge < -0.3 is 9.88 Å². The quantitative estimate of drug-likeness (QED) is 0.932. The van der Waals surface area contributed by atoms with Gasteiger partial charge in [-0.15, -0.1) is 0 Å². The van der Waals surface area contributed by atoms with Gasteiger partial charge in [-0.1, -0.05) is 18.6 Å². The lowest BCUT2D eigenvalue weighted by Gasteiger charge is -2.32. The van der Waals surface area contributed by atoms with Gasteiger partial charge in [-0.05, 0) is 50.8 Å². The van der Waals surface area contributed by atoms with E-state index in [9.17, 15) is 4.79 Å². The van der Waals surface area contributed by atoms with Gasteiger partial charge in [-0.3, -0.25) is 9.69 Å². The molecular weight excluding hydrogens is 312 g/mol. The third-order valence-electron chi connectivity index (χ3n) is 6.13. The molecule has 2 aliphatic heterocycles. The van der Waals surface area contributed by atoms with Crippen molar-refractivity contribution in [3.63, 3.8) is 0 Å². The first-order valence-electron chi connectivity index (χ1n) is 9.78. The van der Waals surface area contributed by atoms with Crippen LogP contribution in [0.5, 0.6) is 0 Å². The summed E-state index contributed by atoms with van der Waals surface area (Å²) in [4.78, 5) is 20.2. The molecule has 1 aliphatic carbocycles. The van der Waals surface area contributed by atoms with E-state index in [2.05, 4.69) is 20.9 Å². The lowest BCUT2D eigenvalue weighted by molar-refractivity contribution is -0.122. The van der Waals surface area contributed by atoms with Crippen molar-refractivity contribution in [3.8, 4) is 0 Å². The van der Waals surface area contributed by atoms with E-state index in [4.69, 9.17) is 4.98 Å². The number of nitrogens with zero attached hydrogens (tertiary/aromatic N) is 3. The molecule has 25 heavy (non-hydrogen) atoms. The molecule has 1 saturated carbocycles. The number of hydrogen-bond donors (Lipinski definition) is 1. The van der Waals surface area contributed by atoms with Crippen LogP contribution in [0.1, 0.15) is 50.3 Å². The SMILES string of the molecule is O=C(Cn1c(C2CC2)nc2ccccc21)NC1CCN2CCCCC12. The minimum atomic E-state index is 0.141. The Balaban J connectivity index is 1.34. The number of carbonyl (C=O) groups is 1. The molecule has 3 heterocycles. The molecule has 1 aromatic heterocycles. The number of aromatic nitrogens is 2. The van der Waals surface area contributed by atoms with Gasteiger partial charge >= 0.3 is 0 Å². The normalized spacial score (nSPS) is 26.7. The van der Waals surface area contributed by atoms with E-state index in [1.54, 1.807) is 0 Å². The van der Waals surface area contributed by atoms with Crippen molar-refractivity contribution in [1.29, 1.82) is 0 Å². The molecule has 5 rings (SSSR count). The van der Waals surface area contributed by atoms with Gasteiger partial charge in [0.2, 0.25) is 5.91 Å². The molecule has 0 spiro atoms. The third-order valence-corrected chi connectivity index (χ3v) is 6.13. The molecule has 3 aliphatic rings. The Kier molecular flexibility index (Phi) is 3.77. The molecule has 2 saturated heterocycles. The van der Waals surface area contributed by atoms with E-state index in [-0.39, 0.29) is 5.91 Å². The van der Waals surface area contributed by atoms with Crippen molar-refractivity contribution in [2.75, 3.05) is 13.1 Å². The first-order valence-corrected chi connectivity index (χ1v) is 9.78. The van der Waals surface area contributed by atoms with Crippen LogP contribution in [0.4, 0.5) is 0 Å². The molecule has 132 valence electrons. The highest BCUT2D eigenvalue weighted by Gasteiger charge is 2.36. The van der Waals surface area contributed by atoms with Gasteiger partial charge in [0.25, 0.3) is 0 Å². The third kappa shape index (κ3) is 2.84. The Morgan fingerprint density at radius 2 is 2.00 bits per heavy atom. The van der Waals surface area contributed by atoms with Crippen LogP contribution in [0.3, 0.4) is 0 Å².